The maximum Gasteiger partial charge on any atom is 0.351 e. The van der Waals surface area contributed by atoms with E-state index in [0.717, 1.165) is 42.8 Å². The summed E-state index contributed by atoms with van der Waals surface area (Å²) in [5, 5.41) is 0. The second-order valence-electron chi connectivity index (χ2n) is 10.7. The number of esters is 2. The fourth-order valence-corrected chi connectivity index (χ4v) is 7.38. The molecule has 3 heterocycles. The molecule has 34 heavy (non-hydrogen) atoms. The van der Waals surface area contributed by atoms with Gasteiger partial charge in [-0.2, -0.15) is 0 Å². The minimum atomic E-state index is -1.75. The lowest BCUT2D eigenvalue weighted by Gasteiger charge is -2.49. The van der Waals surface area contributed by atoms with Crippen molar-refractivity contribution in [2.75, 3.05) is 18.0 Å². The Morgan fingerprint density at radius 3 is 2.00 bits per heavy atom. The van der Waals surface area contributed by atoms with Crippen molar-refractivity contribution in [2.45, 2.75) is 75.3 Å². The van der Waals surface area contributed by atoms with Gasteiger partial charge in [-0.15, -0.1) is 0 Å². The van der Waals surface area contributed by atoms with E-state index in [4.69, 9.17) is 9.47 Å². The summed E-state index contributed by atoms with van der Waals surface area (Å²) in [6, 6.07) is 10.0. The number of rotatable bonds is 2. The standard InChI is InChI=1S/C27H32N2O5/c30-23-18-27(33-24(31)10-11-25(32)34-27)29(21-8-2-1-3-9-21)26(23)12-14-28(15-13-26)22-16-19-6-4-5-7-20(19)17-22/h1-3,8-11,19-20,22H,4-7,12-18H2. The Morgan fingerprint density at radius 2 is 1.41 bits per heavy atom. The Morgan fingerprint density at radius 1 is 0.824 bits per heavy atom. The zero-order valence-electron chi connectivity index (χ0n) is 19.5. The van der Waals surface area contributed by atoms with Gasteiger partial charge in [-0.1, -0.05) is 43.9 Å². The Bertz CT molecular complexity index is 979. The van der Waals surface area contributed by atoms with Gasteiger partial charge in [0.05, 0.1) is 0 Å². The van der Waals surface area contributed by atoms with Gasteiger partial charge in [-0.05, 0) is 49.7 Å². The summed E-state index contributed by atoms with van der Waals surface area (Å²) in [6.45, 7) is 1.63. The molecule has 2 atom stereocenters. The topological polar surface area (TPSA) is 76.2 Å². The molecule has 7 nitrogen and oxygen atoms in total. The van der Waals surface area contributed by atoms with Gasteiger partial charge in [0.1, 0.15) is 12.0 Å². The maximum absolute atomic E-state index is 13.7. The predicted octanol–water partition coefficient (Wildman–Crippen LogP) is 3.58. The third-order valence-electron chi connectivity index (χ3n) is 8.92. The molecule has 0 amide bonds. The van der Waals surface area contributed by atoms with Crippen molar-refractivity contribution in [1.29, 1.82) is 0 Å². The Balaban J connectivity index is 1.29. The number of carbonyl (C=O) groups is 3. The number of nitrogens with zero attached hydrogens (tertiary/aromatic N) is 2. The minimum Gasteiger partial charge on any atom is -0.400 e. The van der Waals surface area contributed by atoms with Gasteiger partial charge in [-0.25, -0.2) is 9.59 Å². The average Bonchev–Trinajstić information content (AvgIpc) is 3.31. The van der Waals surface area contributed by atoms with Gasteiger partial charge < -0.3 is 14.4 Å². The van der Waals surface area contributed by atoms with Gasteiger partial charge in [0.15, 0.2) is 5.78 Å². The SMILES string of the molecule is O=C1C=CC(=O)OC2(CC(=O)C3(CCN(C4CC5CCCCC5C4)CC3)N2c2ccccc2)O1. The smallest absolute Gasteiger partial charge is 0.351 e. The molecule has 2 aliphatic carbocycles. The molecule has 0 bridgehead atoms. The molecule has 180 valence electrons. The molecule has 3 aliphatic heterocycles. The van der Waals surface area contributed by atoms with E-state index >= 15 is 0 Å². The molecule has 2 saturated carbocycles. The zero-order chi connectivity index (χ0) is 23.3. The van der Waals surface area contributed by atoms with Crippen molar-refractivity contribution in [2.24, 2.45) is 11.8 Å². The molecule has 5 aliphatic rings. The Labute approximate surface area is 200 Å². The summed E-state index contributed by atoms with van der Waals surface area (Å²) >= 11 is 0. The minimum absolute atomic E-state index is 0.0291. The van der Waals surface area contributed by atoms with Crippen LogP contribution in [0.4, 0.5) is 5.69 Å². The number of piperidine rings is 1. The summed E-state index contributed by atoms with van der Waals surface area (Å²) in [5.74, 6) is -1.40. The molecule has 4 fully saturated rings. The van der Waals surface area contributed by atoms with Gasteiger partial charge in [0.2, 0.25) is 0 Å². The lowest BCUT2D eigenvalue weighted by atomic mass is 9.82. The van der Waals surface area contributed by atoms with Crippen molar-refractivity contribution in [3.8, 4) is 0 Å². The summed E-state index contributed by atoms with van der Waals surface area (Å²) < 4.78 is 11.4. The molecule has 2 saturated heterocycles. The van der Waals surface area contributed by atoms with Crippen LogP contribution in [0.3, 0.4) is 0 Å². The second kappa shape index (κ2) is 8.22. The number of benzene rings is 1. The van der Waals surface area contributed by atoms with Crippen LogP contribution in [0.25, 0.3) is 0 Å². The number of ketones is 1. The molecule has 2 unspecified atom stereocenters. The van der Waals surface area contributed by atoms with Crippen LogP contribution in [0.5, 0.6) is 0 Å². The fraction of sp³-hybridized carbons (Fsp3) is 0.593. The average molecular weight is 465 g/mol. The van der Waals surface area contributed by atoms with E-state index < -0.39 is 23.4 Å². The number of anilines is 1. The highest BCUT2D eigenvalue weighted by atomic mass is 16.8. The van der Waals surface area contributed by atoms with Crippen molar-refractivity contribution in [1.82, 2.24) is 4.90 Å². The summed E-state index contributed by atoms with van der Waals surface area (Å²) in [4.78, 5) is 42.9. The van der Waals surface area contributed by atoms with Crippen LogP contribution in [-0.4, -0.2) is 53.2 Å². The van der Waals surface area contributed by atoms with E-state index in [2.05, 4.69) is 4.90 Å². The molecule has 2 spiro atoms. The van der Waals surface area contributed by atoms with Crippen LogP contribution in [0, 0.1) is 11.8 Å². The molecule has 0 radical (unpaired) electrons. The first kappa shape index (κ1) is 21.8. The summed E-state index contributed by atoms with van der Waals surface area (Å²) in [7, 11) is 0. The molecule has 7 heteroatoms. The largest absolute Gasteiger partial charge is 0.400 e. The molecular formula is C27H32N2O5. The van der Waals surface area contributed by atoms with E-state index in [0.29, 0.717) is 18.9 Å². The number of hydrogen-bond donors (Lipinski definition) is 0. The second-order valence-corrected chi connectivity index (χ2v) is 10.7. The molecule has 6 rings (SSSR count). The predicted molar refractivity (Wildman–Crippen MR) is 125 cm³/mol. The summed E-state index contributed by atoms with van der Waals surface area (Å²) in [5.41, 5.74) is -0.148. The van der Waals surface area contributed by atoms with E-state index in [-0.39, 0.29) is 12.2 Å². The third kappa shape index (κ3) is 3.47. The third-order valence-corrected chi connectivity index (χ3v) is 8.92. The highest BCUT2D eigenvalue weighted by molar-refractivity contribution is 6.00. The number of Topliss-reactive ketones (excluding diaryl/α,β-unsaturated/α-hetero) is 1. The van der Waals surface area contributed by atoms with Crippen molar-refractivity contribution >= 4 is 23.4 Å². The lowest BCUT2D eigenvalue weighted by molar-refractivity contribution is -0.217. The van der Waals surface area contributed by atoms with Crippen LogP contribution in [0.15, 0.2) is 42.5 Å². The molecular weight excluding hydrogens is 432 g/mol. The molecule has 0 aromatic heterocycles. The van der Waals surface area contributed by atoms with Crippen LogP contribution in [0.1, 0.15) is 57.8 Å². The van der Waals surface area contributed by atoms with Gasteiger partial charge in [-0.3, -0.25) is 9.69 Å². The number of ether oxygens (including phenoxy) is 2. The van der Waals surface area contributed by atoms with E-state index in [9.17, 15) is 14.4 Å². The first-order chi connectivity index (χ1) is 16.5. The van der Waals surface area contributed by atoms with E-state index in [1.54, 1.807) is 4.90 Å². The van der Waals surface area contributed by atoms with E-state index in [1.807, 2.05) is 30.3 Å². The number of fused-ring (bicyclic) bond motifs is 1. The highest BCUT2D eigenvalue weighted by Gasteiger charge is 2.66. The normalized spacial score (nSPS) is 32.5. The van der Waals surface area contributed by atoms with E-state index in [1.165, 1.54) is 38.5 Å². The molecule has 1 aromatic carbocycles. The molecule has 0 N–H and O–H groups in total. The summed E-state index contributed by atoms with van der Waals surface area (Å²) in [6.07, 6.45) is 11.2. The maximum atomic E-state index is 13.7. The van der Waals surface area contributed by atoms with Crippen LogP contribution in [0.2, 0.25) is 0 Å². The lowest BCUT2D eigenvalue weighted by Crippen LogP contribution is -2.63. The number of para-hydroxylation sites is 1. The number of hydrogen-bond acceptors (Lipinski definition) is 7. The quantitative estimate of drug-likeness (QED) is 0.619. The van der Waals surface area contributed by atoms with Gasteiger partial charge in [0, 0.05) is 37.0 Å². The number of carbonyl (C=O) groups excluding carboxylic acids is 3. The van der Waals surface area contributed by atoms with Crippen molar-refractivity contribution in [3.63, 3.8) is 0 Å². The number of likely N-dealkylation sites (tertiary alicyclic amines) is 1. The van der Waals surface area contributed by atoms with Crippen molar-refractivity contribution < 1.29 is 23.9 Å². The fourth-order valence-electron chi connectivity index (χ4n) is 7.38. The first-order valence-corrected chi connectivity index (χ1v) is 12.8. The monoisotopic (exact) mass is 464 g/mol. The van der Waals surface area contributed by atoms with Crippen molar-refractivity contribution in [3.05, 3.63) is 42.5 Å². The van der Waals surface area contributed by atoms with Crippen LogP contribution >= 0.6 is 0 Å². The van der Waals surface area contributed by atoms with Crippen LogP contribution in [-0.2, 0) is 23.9 Å². The Hall–Kier alpha value is -2.67. The van der Waals surface area contributed by atoms with Crippen LogP contribution < -0.4 is 4.90 Å². The Kier molecular flexibility index (Phi) is 5.28. The molecule has 1 aromatic rings. The van der Waals surface area contributed by atoms with Gasteiger partial charge in [0.25, 0.3) is 0 Å². The highest BCUT2D eigenvalue weighted by Crippen LogP contribution is 2.50. The van der Waals surface area contributed by atoms with Gasteiger partial charge >= 0.3 is 17.8 Å². The zero-order valence-corrected chi connectivity index (χ0v) is 19.5. The first-order valence-electron chi connectivity index (χ1n) is 12.8.